The Balaban J connectivity index is 1.88. The lowest BCUT2D eigenvalue weighted by Crippen LogP contribution is -2.44. The second-order valence-electron chi connectivity index (χ2n) is 8.35. The van der Waals surface area contributed by atoms with E-state index in [4.69, 9.17) is 0 Å². The minimum Gasteiger partial charge on any atom is -0.623 e. The van der Waals surface area contributed by atoms with Crippen LogP contribution < -0.4 is 10.6 Å². The molecule has 0 aromatic heterocycles. The highest BCUT2D eigenvalue weighted by Gasteiger charge is 2.56. The fourth-order valence-corrected chi connectivity index (χ4v) is 9.01. The Morgan fingerprint density at radius 2 is 1.52 bits per heavy atom. The molecule has 2 heterocycles. The molecule has 154 valence electrons. The smallest absolute Gasteiger partial charge is 0.223 e. The van der Waals surface area contributed by atoms with Crippen molar-refractivity contribution in [2.45, 2.75) is 51.4 Å². The molecular formula is C24H31N2O2P. The molecule has 3 atom stereocenters. The first-order valence-corrected chi connectivity index (χ1v) is 12.6. The maximum absolute atomic E-state index is 15.0. The molecule has 0 aliphatic carbocycles. The Morgan fingerprint density at radius 3 is 2.00 bits per heavy atom. The number of likely N-dealkylation sites (tertiary alicyclic amines) is 1. The molecule has 2 aliphatic rings. The molecule has 29 heavy (non-hydrogen) atoms. The van der Waals surface area contributed by atoms with Gasteiger partial charge >= 0.3 is 0 Å². The summed E-state index contributed by atoms with van der Waals surface area (Å²) >= 11 is 0. The molecule has 0 spiro atoms. The van der Waals surface area contributed by atoms with Crippen LogP contribution in [-0.4, -0.2) is 40.3 Å². The van der Waals surface area contributed by atoms with Crippen molar-refractivity contribution < 1.29 is 9.30 Å². The van der Waals surface area contributed by atoms with Crippen LogP contribution in [0.15, 0.2) is 60.7 Å². The van der Waals surface area contributed by atoms with Gasteiger partial charge in [0, 0.05) is 30.6 Å². The normalized spacial score (nSPS) is 25.7. The van der Waals surface area contributed by atoms with Gasteiger partial charge in [-0.25, -0.2) is 4.90 Å². The van der Waals surface area contributed by atoms with Crippen molar-refractivity contribution in [1.82, 2.24) is 4.90 Å². The quantitative estimate of drug-likeness (QED) is 0.408. The van der Waals surface area contributed by atoms with E-state index in [0.29, 0.717) is 0 Å². The zero-order valence-corrected chi connectivity index (χ0v) is 18.3. The third kappa shape index (κ3) is 3.47. The van der Waals surface area contributed by atoms with Crippen LogP contribution in [0.1, 0.15) is 39.5 Å². The molecule has 2 aromatic rings. The number of hydroxylamine groups is 1. The first-order chi connectivity index (χ1) is 14.1. The summed E-state index contributed by atoms with van der Waals surface area (Å²) in [6, 6.07) is 19.6. The van der Waals surface area contributed by atoms with E-state index in [9.17, 15) is 5.21 Å². The third-order valence-electron chi connectivity index (χ3n) is 6.61. The van der Waals surface area contributed by atoms with E-state index in [1.54, 1.807) is 0 Å². The average Bonchev–Trinajstić information content (AvgIpc) is 3.36. The van der Waals surface area contributed by atoms with Gasteiger partial charge in [-0.15, -0.1) is 0 Å². The van der Waals surface area contributed by atoms with E-state index in [1.807, 2.05) is 67.6 Å². The first kappa shape index (κ1) is 20.4. The zero-order valence-electron chi connectivity index (χ0n) is 17.4. The van der Waals surface area contributed by atoms with Gasteiger partial charge in [0.25, 0.3) is 0 Å². The van der Waals surface area contributed by atoms with Crippen LogP contribution in [0.5, 0.6) is 0 Å². The molecule has 0 radical (unpaired) electrons. The Bertz CT molecular complexity index is 863. The standard InChI is InChI=1S/C24H31N2O2P/c1-3-12-22-23(19(2)26(27)24(22)25-17-10-11-18-25)29(28,20-13-6-4-7-14-20)21-15-8-5-9-16-21/h4-9,13-16,22-24H,3,10-12,17-18H2,1-2H3/t22-,23-,24-/m0/s1. The van der Waals surface area contributed by atoms with Crippen LogP contribution >= 0.6 is 7.14 Å². The second-order valence-corrected chi connectivity index (χ2v) is 11.3. The van der Waals surface area contributed by atoms with Crippen molar-refractivity contribution in [1.29, 1.82) is 0 Å². The van der Waals surface area contributed by atoms with E-state index in [-0.39, 0.29) is 17.7 Å². The molecule has 0 saturated carbocycles. The molecule has 1 saturated heterocycles. The van der Waals surface area contributed by atoms with Gasteiger partial charge in [-0.05, 0) is 19.3 Å². The number of benzene rings is 2. The summed E-state index contributed by atoms with van der Waals surface area (Å²) in [5.41, 5.74) is 0.478. The van der Waals surface area contributed by atoms with Gasteiger partial charge in [-0.2, -0.15) is 4.74 Å². The van der Waals surface area contributed by atoms with E-state index in [2.05, 4.69) is 11.8 Å². The summed E-state index contributed by atoms with van der Waals surface area (Å²) in [7, 11) is -3.03. The lowest BCUT2D eigenvalue weighted by atomic mass is 9.96. The predicted octanol–water partition coefficient (Wildman–Crippen LogP) is 4.19. The Hall–Kier alpha value is -1.90. The van der Waals surface area contributed by atoms with Crippen molar-refractivity contribution in [2.24, 2.45) is 5.92 Å². The van der Waals surface area contributed by atoms with Gasteiger partial charge < -0.3 is 9.77 Å². The maximum Gasteiger partial charge on any atom is 0.223 e. The van der Waals surface area contributed by atoms with Crippen LogP contribution in [0.25, 0.3) is 0 Å². The minimum atomic E-state index is -3.03. The molecule has 0 bridgehead atoms. The van der Waals surface area contributed by atoms with Crippen molar-refractivity contribution in [3.05, 3.63) is 65.9 Å². The topological polar surface area (TPSA) is 46.4 Å². The van der Waals surface area contributed by atoms with Crippen molar-refractivity contribution >= 4 is 23.5 Å². The largest absolute Gasteiger partial charge is 0.623 e. The monoisotopic (exact) mass is 410 g/mol. The second kappa shape index (κ2) is 8.45. The fraction of sp³-hybridized carbons (Fsp3) is 0.458. The Labute approximate surface area is 174 Å². The molecule has 2 aromatic carbocycles. The van der Waals surface area contributed by atoms with E-state index >= 15 is 4.57 Å². The van der Waals surface area contributed by atoms with Crippen molar-refractivity contribution in [3.63, 3.8) is 0 Å². The SMILES string of the molecule is CCC[C@@H]1[C@@H](N2CCCC2)[N+]([O-])=C(C)[C@@H]1P(=O)(c1ccccc1)c1ccccc1. The summed E-state index contributed by atoms with van der Waals surface area (Å²) in [5, 5.41) is 15.1. The first-order valence-electron chi connectivity index (χ1n) is 10.8. The number of rotatable bonds is 6. The number of hydrogen-bond donors (Lipinski definition) is 0. The molecule has 0 N–H and O–H groups in total. The zero-order chi connectivity index (χ0) is 20.4. The van der Waals surface area contributed by atoms with E-state index in [0.717, 1.165) is 55.1 Å². The molecule has 4 nitrogen and oxygen atoms in total. The number of nitrogens with zero attached hydrogens (tertiary/aromatic N) is 2. The summed E-state index contributed by atoms with van der Waals surface area (Å²) in [4.78, 5) is 2.33. The third-order valence-corrected chi connectivity index (χ3v) is 10.3. The van der Waals surface area contributed by atoms with Crippen molar-refractivity contribution in [3.8, 4) is 0 Å². The molecule has 0 unspecified atom stereocenters. The molecule has 0 amide bonds. The van der Waals surface area contributed by atoms with Gasteiger partial charge in [0.15, 0.2) is 12.9 Å². The summed E-state index contributed by atoms with van der Waals surface area (Å²) < 4.78 is 16.2. The molecular weight excluding hydrogens is 379 g/mol. The Morgan fingerprint density at radius 1 is 1.00 bits per heavy atom. The van der Waals surface area contributed by atoms with E-state index < -0.39 is 7.14 Å². The van der Waals surface area contributed by atoms with Gasteiger partial charge in [0.2, 0.25) is 6.17 Å². The van der Waals surface area contributed by atoms with Gasteiger partial charge in [-0.1, -0.05) is 74.0 Å². The highest BCUT2D eigenvalue weighted by atomic mass is 31.2. The number of hydrogen-bond acceptors (Lipinski definition) is 3. The van der Waals surface area contributed by atoms with Crippen LogP contribution in [0.2, 0.25) is 0 Å². The minimum absolute atomic E-state index is 0.0712. The van der Waals surface area contributed by atoms with Gasteiger partial charge in [0.1, 0.15) is 5.66 Å². The highest BCUT2D eigenvalue weighted by molar-refractivity contribution is 7.80. The van der Waals surface area contributed by atoms with Crippen LogP contribution in [0, 0.1) is 11.1 Å². The summed E-state index contributed by atoms with van der Waals surface area (Å²) in [6.07, 6.45) is 3.98. The van der Waals surface area contributed by atoms with Crippen LogP contribution in [0.4, 0.5) is 0 Å². The lowest BCUT2D eigenvalue weighted by molar-refractivity contribution is -0.529. The highest BCUT2D eigenvalue weighted by Crippen LogP contribution is 2.55. The Kier molecular flexibility index (Phi) is 5.94. The average molecular weight is 410 g/mol. The predicted molar refractivity (Wildman–Crippen MR) is 121 cm³/mol. The molecule has 5 heteroatoms. The lowest BCUT2D eigenvalue weighted by Gasteiger charge is -2.32. The summed E-state index contributed by atoms with van der Waals surface area (Å²) in [5.74, 6) is 0.0712. The van der Waals surface area contributed by atoms with Gasteiger partial charge in [0.05, 0.1) is 5.92 Å². The van der Waals surface area contributed by atoms with Crippen molar-refractivity contribution in [2.75, 3.05) is 13.1 Å². The summed E-state index contributed by atoms with van der Waals surface area (Å²) in [6.45, 7) is 6.00. The molecule has 4 rings (SSSR count). The van der Waals surface area contributed by atoms with Gasteiger partial charge in [-0.3, -0.25) is 0 Å². The van der Waals surface area contributed by atoms with Crippen LogP contribution in [-0.2, 0) is 4.57 Å². The molecule has 1 fully saturated rings. The van der Waals surface area contributed by atoms with E-state index in [1.165, 1.54) is 4.74 Å². The van der Waals surface area contributed by atoms with Crippen LogP contribution in [0.3, 0.4) is 0 Å². The fourth-order valence-electron chi connectivity index (χ4n) is 5.35. The molecule has 2 aliphatic heterocycles. The maximum atomic E-state index is 15.0.